The van der Waals surface area contributed by atoms with Crippen LogP contribution in [-0.2, 0) is 4.79 Å². The maximum atomic E-state index is 11.0. The molecule has 0 aromatic carbocycles. The first-order chi connectivity index (χ1) is 6.81. The summed E-state index contributed by atoms with van der Waals surface area (Å²) in [7, 11) is 0. The van der Waals surface area contributed by atoms with Gasteiger partial charge in [0.05, 0.1) is 0 Å². The van der Waals surface area contributed by atoms with Crippen molar-refractivity contribution in [2.75, 3.05) is 0 Å². The fourth-order valence-electron chi connectivity index (χ4n) is 1.03. The number of unbranched alkanes of at least 4 members (excludes halogenated alkanes) is 1. The first-order valence-electron chi connectivity index (χ1n) is 5.28. The standard InChI is InChI=1S/C13H20O/c1-3-5-6-7-8-9-10-12-13(14)11-4-2/h3,5,8-10,12H,4,6-7,11H2,1-2H3/b5-3+,9-8+,12-10+. The molecule has 0 aliphatic carbocycles. The van der Waals surface area contributed by atoms with E-state index in [1.807, 2.05) is 26.0 Å². The van der Waals surface area contributed by atoms with Gasteiger partial charge in [-0.2, -0.15) is 0 Å². The smallest absolute Gasteiger partial charge is 0.155 e. The summed E-state index contributed by atoms with van der Waals surface area (Å²) in [4.78, 5) is 11.0. The van der Waals surface area contributed by atoms with Gasteiger partial charge in [0, 0.05) is 6.42 Å². The van der Waals surface area contributed by atoms with Crippen molar-refractivity contribution in [1.29, 1.82) is 0 Å². The van der Waals surface area contributed by atoms with Crippen LogP contribution >= 0.6 is 0 Å². The lowest BCUT2D eigenvalue weighted by molar-refractivity contribution is -0.114. The maximum absolute atomic E-state index is 11.0. The molecule has 1 heteroatoms. The van der Waals surface area contributed by atoms with Crippen LogP contribution in [-0.4, -0.2) is 5.78 Å². The summed E-state index contributed by atoms with van der Waals surface area (Å²) in [5, 5.41) is 0. The van der Waals surface area contributed by atoms with Gasteiger partial charge < -0.3 is 0 Å². The number of hydrogen-bond donors (Lipinski definition) is 0. The van der Waals surface area contributed by atoms with Crippen molar-refractivity contribution in [2.45, 2.75) is 39.5 Å². The summed E-state index contributed by atoms with van der Waals surface area (Å²) in [6.07, 6.45) is 15.4. The maximum Gasteiger partial charge on any atom is 0.155 e. The Morgan fingerprint density at radius 2 is 1.86 bits per heavy atom. The van der Waals surface area contributed by atoms with Crippen LogP contribution in [0.1, 0.15) is 39.5 Å². The molecular weight excluding hydrogens is 172 g/mol. The van der Waals surface area contributed by atoms with Gasteiger partial charge in [0.1, 0.15) is 0 Å². The molecule has 0 aliphatic rings. The highest BCUT2D eigenvalue weighted by Gasteiger charge is 1.90. The molecule has 0 bridgehead atoms. The number of carbonyl (C=O) groups excluding carboxylic acids is 1. The number of carbonyl (C=O) groups is 1. The van der Waals surface area contributed by atoms with Crippen LogP contribution in [0.25, 0.3) is 0 Å². The van der Waals surface area contributed by atoms with Crippen molar-refractivity contribution in [2.24, 2.45) is 0 Å². The second-order valence-corrected chi connectivity index (χ2v) is 3.15. The predicted octanol–water partition coefficient (Wildman–Crippen LogP) is 3.82. The Hall–Kier alpha value is -1.11. The van der Waals surface area contributed by atoms with Crippen LogP contribution in [0.4, 0.5) is 0 Å². The van der Waals surface area contributed by atoms with E-state index in [0.29, 0.717) is 6.42 Å². The van der Waals surface area contributed by atoms with E-state index >= 15 is 0 Å². The zero-order valence-electron chi connectivity index (χ0n) is 9.20. The molecule has 0 atom stereocenters. The molecule has 14 heavy (non-hydrogen) atoms. The van der Waals surface area contributed by atoms with Gasteiger partial charge in [-0.05, 0) is 32.3 Å². The predicted molar refractivity (Wildman–Crippen MR) is 62.2 cm³/mol. The fraction of sp³-hybridized carbons (Fsp3) is 0.462. The average molecular weight is 192 g/mol. The van der Waals surface area contributed by atoms with Crippen molar-refractivity contribution in [1.82, 2.24) is 0 Å². The Bertz CT molecular complexity index is 221. The minimum absolute atomic E-state index is 0.214. The zero-order valence-corrected chi connectivity index (χ0v) is 9.20. The topological polar surface area (TPSA) is 17.1 Å². The van der Waals surface area contributed by atoms with Gasteiger partial charge in [-0.1, -0.05) is 37.3 Å². The fourth-order valence-corrected chi connectivity index (χ4v) is 1.03. The molecule has 0 aromatic heterocycles. The van der Waals surface area contributed by atoms with Gasteiger partial charge in [-0.15, -0.1) is 0 Å². The summed E-state index contributed by atoms with van der Waals surface area (Å²) in [6.45, 7) is 4.03. The Balaban J connectivity index is 3.54. The van der Waals surface area contributed by atoms with Crippen LogP contribution in [0.3, 0.4) is 0 Å². The first-order valence-corrected chi connectivity index (χ1v) is 5.28. The summed E-state index contributed by atoms with van der Waals surface area (Å²) >= 11 is 0. The number of rotatable bonds is 7. The summed E-state index contributed by atoms with van der Waals surface area (Å²) < 4.78 is 0. The monoisotopic (exact) mass is 192 g/mol. The van der Waals surface area contributed by atoms with Gasteiger partial charge in [0.25, 0.3) is 0 Å². The average Bonchev–Trinajstić information content (AvgIpc) is 2.17. The zero-order chi connectivity index (χ0) is 10.6. The number of ketones is 1. The second kappa shape index (κ2) is 9.97. The van der Waals surface area contributed by atoms with E-state index in [4.69, 9.17) is 0 Å². The van der Waals surface area contributed by atoms with Crippen LogP contribution in [0.5, 0.6) is 0 Å². The lowest BCUT2D eigenvalue weighted by Crippen LogP contribution is -1.88. The normalized spacial score (nSPS) is 12.1. The van der Waals surface area contributed by atoms with Crippen molar-refractivity contribution < 1.29 is 4.79 Å². The first kappa shape index (κ1) is 12.9. The van der Waals surface area contributed by atoms with E-state index in [1.54, 1.807) is 6.08 Å². The molecule has 0 aromatic rings. The third-order valence-electron chi connectivity index (χ3n) is 1.76. The van der Waals surface area contributed by atoms with E-state index in [1.165, 1.54) is 0 Å². The van der Waals surface area contributed by atoms with E-state index in [9.17, 15) is 4.79 Å². The summed E-state index contributed by atoms with van der Waals surface area (Å²) in [5.41, 5.74) is 0. The minimum Gasteiger partial charge on any atom is -0.295 e. The molecule has 0 heterocycles. The summed E-state index contributed by atoms with van der Waals surface area (Å²) in [6, 6.07) is 0. The van der Waals surface area contributed by atoms with E-state index in [-0.39, 0.29) is 5.78 Å². The van der Waals surface area contributed by atoms with Crippen molar-refractivity contribution in [3.63, 3.8) is 0 Å². The second-order valence-electron chi connectivity index (χ2n) is 3.15. The molecule has 0 N–H and O–H groups in total. The molecule has 0 amide bonds. The number of allylic oxidation sites excluding steroid dienone is 6. The van der Waals surface area contributed by atoms with E-state index in [0.717, 1.165) is 19.3 Å². The molecule has 0 spiro atoms. The van der Waals surface area contributed by atoms with Gasteiger partial charge in [-0.25, -0.2) is 0 Å². The molecule has 0 unspecified atom stereocenters. The Kier molecular flexibility index (Phi) is 9.18. The molecule has 78 valence electrons. The van der Waals surface area contributed by atoms with Crippen LogP contribution in [0.15, 0.2) is 36.5 Å². The summed E-state index contributed by atoms with van der Waals surface area (Å²) in [5.74, 6) is 0.214. The third-order valence-corrected chi connectivity index (χ3v) is 1.76. The molecule has 0 saturated carbocycles. The minimum atomic E-state index is 0.214. The molecule has 0 radical (unpaired) electrons. The highest BCUT2D eigenvalue weighted by atomic mass is 16.1. The van der Waals surface area contributed by atoms with Crippen LogP contribution in [0.2, 0.25) is 0 Å². The van der Waals surface area contributed by atoms with E-state index in [2.05, 4.69) is 18.2 Å². The molecular formula is C13H20O. The lowest BCUT2D eigenvalue weighted by atomic mass is 10.2. The number of hydrogen-bond acceptors (Lipinski definition) is 1. The Morgan fingerprint density at radius 1 is 1.14 bits per heavy atom. The van der Waals surface area contributed by atoms with Crippen molar-refractivity contribution in [3.8, 4) is 0 Å². The molecule has 0 rings (SSSR count). The van der Waals surface area contributed by atoms with Crippen LogP contribution < -0.4 is 0 Å². The van der Waals surface area contributed by atoms with Gasteiger partial charge >= 0.3 is 0 Å². The highest BCUT2D eigenvalue weighted by molar-refractivity contribution is 5.89. The Morgan fingerprint density at radius 3 is 2.50 bits per heavy atom. The molecule has 0 aliphatic heterocycles. The van der Waals surface area contributed by atoms with Crippen LogP contribution in [0, 0.1) is 0 Å². The largest absolute Gasteiger partial charge is 0.295 e. The van der Waals surface area contributed by atoms with Crippen molar-refractivity contribution in [3.05, 3.63) is 36.5 Å². The van der Waals surface area contributed by atoms with E-state index < -0.39 is 0 Å². The lowest BCUT2D eigenvalue weighted by Gasteiger charge is -1.86. The van der Waals surface area contributed by atoms with Gasteiger partial charge in [0.2, 0.25) is 0 Å². The van der Waals surface area contributed by atoms with Gasteiger partial charge in [-0.3, -0.25) is 4.79 Å². The third kappa shape index (κ3) is 8.98. The molecule has 0 saturated heterocycles. The molecule has 0 fully saturated rings. The van der Waals surface area contributed by atoms with Crippen molar-refractivity contribution >= 4 is 5.78 Å². The van der Waals surface area contributed by atoms with Gasteiger partial charge in [0.15, 0.2) is 5.78 Å². The quantitative estimate of drug-likeness (QED) is 0.259. The SMILES string of the molecule is C/C=C/CC/C=C/C=C/C(=O)CCC. The Labute approximate surface area is 87.2 Å². The highest BCUT2D eigenvalue weighted by Crippen LogP contribution is 1.94. The molecule has 1 nitrogen and oxygen atoms in total.